The van der Waals surface area contributed by atoms with Gasteiger partial charge < -0.3 is 15.1 Å². The molecule has 0 bridgehead atoms. The van der Waals surface area contributed by atoms with E-state index in [1.165, 1.54) is 18.3 Å². The number of rotatable bonds is 8. The standard InChI is InChI=1S/C16H18N6O3S/c17-26(23,24)14-5-3-12(4-6-14)7-8-18-16-21-15(11-20-22-16)19-10-13-2-1-9-25-13/h1-6,9,11H,7-8,10H2,(H2,17,23,24)(H2,18,19,21,22). The van der Waals surface area contributed by atoms with Crippen molar-refractivity contribution >= 4 is 21.8 Å². The van der Waals surface area contributed by atoms with Gasteiger partial charge in [-0.15, -0.1) is 5.10 Å². The van der Waals surface area contributed by atoms with Gasteiger partial charge in [0.1, 0.15) is 5.76 Å². The fraction of sp³-hybridized carbons (Fsp3) is 0.188. The van der Waals surface area contributed by atoms with Crippen LogP contribution in [-0.4, -0.2) is 30.1 Å². The highest BCUT2D eigenvalue weighted by Crippen LogP contribution is 2.10. The van der Waals surface area contributed by atoms with Gasteiger partial charge in [0.2, 0.25) is 16.0 Å². The lowest BCUT2D eigenvalue weighted by Gasteiger charge is -2.07. The van der Waals surface area contributed by atoms with E-state index < -0.39 is 10.0 Å². The van der Waals surface area contributed by atoms with Crippen molar-refractivity contribution in [2.24, 2.45) is 5.14 Å². The Labute approximate surface area is 150 Å². The van der Waals surface area contributed by atoms with Crippen molar-refractivity contribution in [3.63, 3.8) is 0 Å². The maximum Gasteiger partial charge on any atom is 0.244 e. The van der Waals surface area contributed by atoms with Crippen LogP contribution in [0.25, 0.3) is 0 Å². The van der Waals surface area contributed by atoms with E-state index in [4.69, 9.17) is 9.56 Å². The summed E-state index contributed by atoms with van der Waals surface area (Å²) in [6.45, 7) is 1.07. The fourth-order valence-electron chi connectivity index (χ4n) is 2.22. The van der Waals surface area contributed by atoms with Crippen molar-refractivity contribution in [3.8, 4) is 0 Å². The van der Waals surface area contributed by atoms with E-state index in [-0.39, 0.29) is 4.90 Å². The molecule has 3 aromatic rings. The zero-order valence-electron chi connectivity index (χ0n) is 13.8. The third-order valence-corrected chi connectivity index (χ3v) is 4.46. The molecule has 2 heterocycles. The third kappa shape index (κ3) is 5.01. The van der Waals surface area contributed by atoms with Crippen LogP contribution in [0.15, 0.2) is 58.2 Å². The van der Waals surface area contributed by atoms with Crippen molar-refractivity contribution in [2.75, 3.05) is 17.2 Å². The molecule has 0 unspecified atom stereocenters. The lowest BCUT2D eigenvalue weighted by Crippen LogP contribution is -2.12. The predicted octanol–water partition coefficient (Wildman–Crippen LogP) is 1.38. The Morgan fingerprint density at radius 1 is 1.12 bits per heavy atom. The van der Waals surface area contributed by atoms with Crippen LogP contribution < -0.4 is 15.8 Å². The van der Waals surface area contributed by atoms with Crippen LogP contribution in [0.4, 0.5) is 11.8 Å². The molecule has 0 aliphatic heterocycles. The maximum atomic E-state index is 11.2. The summed E-state index contributed by atoms with van der Waals surface area (Å²) >= 11 is 0. The molecule has 10 heteroatoms. The van der Waals surface area contributed by atoms with Gasteiger partial charge in [-0.25, -0.2) is 13.6 Å². The number of nitrogens with one attached hydrogen (secondary N) is 2. The summed E-state index contributed by atoms with van der Waals surface area (Å²) in [6.07, 6.45) is 3.80. The first-order valence-corrected chi connectivity index (χ1v) is 9.37. The highest BCUT2D eigenvalue weighted by atomic mass is 32.2. The molecule has 136 valence electrons. The minimum atomic E-state index is -3.67. The highest BCUT2D eigenvalue weighted by Gasteiger charge is 2.07. The largest absolute Gasteiger partial charge is 0.467 e. The van der Waals surface area contributed by atoms with Gasteiger partial charge >= 0.3 is 0 Å². The van der Waals surface area contributed by atoms with Gasteiger partial charge in [0.25, 0.3) is 0 Å². The van der Waals surface area contributed by atoms with E-state index in [9.17, 15) is 8.42 Å². The van der Waals surface area contributed by atoms with Crippen molar-refractivity contribution in [2.45, 2.75) is 17.9 Å². The van der Waals surface area contributed by atoms with Gasteiger partial charge in [-0.2, -0.15) is 10.1 Å². The number of hydrogen-bond donors (Lipinski definition) is 3. The van der Waals surface area contributed by atoms with Gasteiger partial charge in [-0.05, 0) is 36.2 Å². The van der Waals surface area contributed by atoms with Crippen LogP contribution in [0.1, 0.15) is 11.3 Å². The molecule has 2 aromatic heterocycles. The summed E-state index contributed by atoms with van der Waals surface area (Å²) < 4.78 is 27.7. The van der Waals surface area contributed by atoms with Crippen LogP contribution in [0, 0.1) is 0 Å². The van der Waals surface area contributed by atoms with Crippen LogP contribution >= 0.6 is 0 Å². The zero-order valence-corrected chi connectivity index (χ0v) is 14.6. The number of hydrogen-bond acceptors (Lipinski definition) is 8. The van der Waals surface area contributed by atoms with E-state index in [1.54, 1.807) is 18.4 Å². The number of sulfonamides is 1. The number of furan rings is 1. The van der Waals surface area contributed by atoms with Crippen molar-refractivity contribution in [3.05, 3.63) is 60.2 Å². The molecule has 0 saturated carbocycles. The first-order valence-electron chi connectivity index (χ1n) is 7.82. The maximum absolute atomic E-state index is 11.2. The first kappa shape index (κ1) is 17.8. The molecular weight excluding hydrogens is 356 g/mol. The van der Waals surface area contributed by atoms with E-state index in [0.717, 1.165) is 11.3 Å². The Bertz CT molecular complexity index is 942. The van der Waals surface area contributed by atoms with Crippen molar-refractivity contribution in [1.29, 1.82) is 0 Å². The molecule has 4 N–H and O–H groups in total. The number of benzene rings is 1. The Morgan fingerprint density at radius 2 is 1.92 bits per heavy atom. The van der Waals surface area contributed by atoms with Crippen molar-refractivity contribution in [1.82, 2.24) is 15.2 Å². The predicted molar refractivity (Wildman–Crippen MR) is 95.9 cm³/mol. The van der Waals surface area contributed by atoms with E-state index in [1.807, 2.05) is 12.1 Å². The van der Waals surface area contributed by atoms with Gasteiger partial charge in [-0.1, -0.05) is 12.1 Å². The Balaban J connectivity index is 1.51. The SMILES string of the molecule is NS(=O)(=O)c1ccc(CCNc2nncc(NCc3ccco3)n2)cc1. The second-order valence-electron chi connectivity index (χ2n) is 5.46. The smallest absolute Gasteiger partial charge is 0.244 e. The number of nitrogens with zero attached hydrogens (tertiary/aromatic N) is 3. The lowest BCUT2D eigenvalue weighted by atomic mass is 10.1. The highest BCUT2D eigenvalue weighted by molar-refractivity contribution is 7.89. The van der Waals surface area contributed by atoms with E-state index >= 15 is 0 Å². The van der Waals surface area contributed by atoms with Gasteiger partial charge in [0.15, 0.2) is 5.82 Å². The zero-order chi connectivity index (χ0) is 18.4. The minimum Gasteiger partial charge on any atom is -0.467 e. The molecular formula is C16H18N6O3S. The lowest BCUT2D eigenvalue weighted by molar-refractivity contribution is 0.517. The molecule has 26 heavy (non-hydrogen) atoms. The average Bonchev–Trinajstić information content (AvgIpc) is 3.14. The molecule has 0 aliphatic rings. The second-order valence-corrected chi connectivity index (χ2v) is 7.03. The molecule has 3 rings (SSSR count). The molecule has 0 atom stereocenters. The molecule has 1 aromatic carbocycles. The molecule has 0 fully saturated rings. The minimum absolute atomic E-state index is 0.0945. The molecule has 0 saturated heterocycles. The number of aromatic nitrogens is 3. The summed E-state index contributed by atoms with van der Waals surface area (Å²) in [5.41, 5.74) is 0.963. The third-order valence-electron chi connectivity index (χ3n) is 3.53. The Hall–Kier alpha value is -2.98. The molecule has 0 radical (unpaired) electrons. The quantitative estimate of drug-likeness (QED) is 0.538. The summed E-state index contributed by atoms with van der Waals surface area (Å²) in [5, 5.41) is 19.1. The van der Waals surface area contributed by atoms with E-state index in [2.05, 4.69) is 25.8 Å². The second kappa shape index (κ2) is 7.93. The topological polar surface area (TPSA) is 136 Å². The normalized spacial score (nSPS) is 11.3. The van der Waals surface area contributed by atoms with Gasteiger partial charge in [0.05, 0.1) is 23.9 Å². The average molecular weight is 374 g/mol. The van der Waals surface area contributed by atoms with Crippen molar-refractivity contribution < 1.29 is 12.8 Å². The monoisotopic (exact) mass is 374 g/mol. The van der Waals surface area contributed by atoms with Gasteiger partial charge in [-0.3, -0.25) is 0 Å². The molecule has 0 aliphatic carbocycles. The summed E-state index contributed by atoms with van der Waals surface area (Å²) in [5.74, 6) is 1.77. The summed E-state index contributed by atoms with van der Waals surface area (Å²) in [6, 6.07) is 10.1. The number of primary sulfonamides is 1. The molecule has 0 spiro atoms. The van der Waals surface area contributed by atoms with Crippen LogP contribution in [0.5, 0.6) is 0 Å². The number of anilines is 2. The van der Waals surface area contributed by atoms with Crippen LogP contribution in [0.2, 0.25) is 0 Å². The molecule has 9 nitrogen and oxygen atoms in total. The van der Waals surface area contributed by atoms with Crippen LogP contribution in [-0.2, 0) is 23.0 Å². The summed E-state index contributed by atoms with van der Waals surface area (Å²) in [4.78, 5) is 4.41. The summed E-state index contributed by atoms with van der Waals surface area (Å²) in [7, 11) is -3.67. The molecule has 0 amide bonds. The Morgan fingerprint density at radius 3 is 2.62 bits per heavy atom. The van der Waals surface area contributed by atoms with Gasteiger partial charge in [0, 0.05) is 6.54 Å². The van der Waals surface area contributed by atoms with E-state index in [0.29, 0.717) is 31.3 Å². The fourth-order valence-corrected chi connectivity index (χ4v) is 2.73. The van der Waals surface area contributed by atoms with Crippen LogP contribution in [0.3, 0.4) is 0 Å². The number of nitrogens with two attached hydrogens (primary N) is 1. The first-order chi connectivity index (χ1) is 12.5. The Kier molecular flexibility index (Phi) is 5.44.